The van der Waals surface area contributed by atoms with E-state index in [0.29, 0.717) is 19.3 Å². The van der Waals surface area contributed by atoms with E-state index in [-0.39, 0.29) is 28.8 Å². The highest BCUT2D eigenvalue weighted by molar-refractivity contribution is 7.89. The molecule has 0 aromatic heterocycles. The number of hydrogen-bond acceptors (Lipinski definition) is 6. The zero-order valence-corrected chi connectivity index (χ0v) is 17.1. The molecule has 0 saturated carbocycles. The van der Waals surface area contributed by atoms with Crippen LogP contribution in [-0.2, 0) is 24.3 Å². The summed E-state index contributed by atoms with van der Waals surface area (Å²) < 4.78 is 59.2. The van der Waals surface area contributed by atoms with Crippen LogP contribution in [0.2, 0.25) is 5.02 Å². The predicted octanol–water partition coefficient (Wildman–Crippen LogP) is 2.63. The first-order valence-electron chi connectivity index (χ1n) is 8.84. The first kappa shape index (κ1) is 23.3. The second kappa shape index (κ2) is 10.2. The van der Waals surface area contributed by atoms with E-state index in [1.165, 1.54) is 12.1 Å². The lowest BCUT2D eigenvalue weighted by atomic mass is 10.2. The number of ether oxygens (including phenoxy) is 2. The average Bonchev–Trinajstić information content (AvgIpc) is 3.12. The molecule has 1 aromatic rings. The van der Waals surface area contributed by atoms with Gasteiger partial charge in [0.05, 0.1) is 10.8 Å². The molecule has 1 aliphatic heterocycles. The minimum atomic E-state index is -3.56. The zero-order valence-electron chi connectivity index (χ0n) is 15.6. The van der Waals surface area contributed by atoms with Gasteiger partial charge in [-0.05, 0) is 37.5 Å². The Labute approximate surface area is 172 Å². The standard InChI is InChI=1S/C17H21ClF2N2O6S/c1-2-8-29(25,26)22-7-3-4-13(22)16(24)27-10-15(23)21-11-5-6-14(12(18)9-11)28-17(19)20/h5-6,9,13,17H,2-4,7-8,10H2,1H3,(H,21,23). The summed E-state index contributed by atoms with van der Waals surface area (Å²) in [5, 5.41) is 2.26. The summed E-state index contributed by atoms with van der Waals surface area (Å²) in [6.07, 6.45) is 1.28. The third kappa shape index (κ3) is 6.51. The number of anilines is 1. The molecule has 12 heteroatoms. The van der Waals surface area contributed by atoms with Crippen LogP contribution in [0, 0.1) is 0 Å². The molecule has 1 heterocycles. The summed E-state index contributed by atoms with van der Waals surface area (Å²) in [6.45, 7) is -1.71. The molecule has 29 heavy (non-hydrogen) atoms. The Morgan fingerprint density at radius 1 is 1.38 bits per heavy atom. The minimum absolute atomic E-state index is 0.0662. The van der Waals surface area contributed by atoms with Crippen LogP contribution in [0.3, 0.4) is 0 Å². The van der Waals surface area contributed by atoms with Crippen LogP contribution < -0.4 is 10.1 Å². The number of benzene rings is 1. The smallest absolute Gasteiger partial charge is 0.387 e. The monoisotopic (exact) mass is 454 g/mol. The Morgan fingerprint density at radius 2 is 2.10 bits per heavy atom. The summed E-state index contributed by atoms with van der Waals surface area (Å²) >= 11 is 5.80. The van der Waals surface area contributed by atoms with E-state index in [1.54, 1.807) is 6.92 Å². The molecule has 1 unspecified atom stereocenters. The lowest BCUT2D eigenvalue weighted by Gasteiger charge is -2.22. The Bertz CT molecular complexity index is 852. The zero-order chi connectivity index (χ0) is 21.6. The van der Waals surface area contributed by atoms with E-state index in [0.717, 1.165) is 10.4 Å². The fraction of sp³-hybridized carbons (Fsp3) is 0.529. The molecular weight excluding hydrogens is 434 g/mol. The quantitative estimate of drug-likeness (QED) is 0.575. The number of rotatable bonds is 9. The van der Waals surface area contributed by atoms with Gasteiger partial charge in [0.2, 0.25) is 10.0 Å². The lowest BCUT2D eigenvalue weighted by molar-refractivity contribution is -0.150. The van der Waals surface area contributed by atoms with Gasteiger partial charge in [0, 0.05) is 12.2 Å². The molecule has 1 saturated heterocycles. The third-order valence-electron chi connectivity index (χ3n) is 4.07. The summed E-state index contributed by atoms with van der Waals surface area (Å²) in [4.78, 5) is 24.2. The maximum Gasteiger partial charge on any atom is 0.387 e. The van der Waals surface area contributed by atoms with Crippen molar-refractivity contribution in [3.63, 3.8) is 0 Å². The van der Waals surface area contributed by atoms with Crippen LogP contribution in [-0.4, -0.2) is 56.2 Å². The van der Waals surface area contributed by atoms with Crippen molar-refractivity contribution in [3.05, 3.63) is 23.2 Å². The van der Waals surface area contributed by atoms with Crippen molar-refractivity contribution in [2.45, 2.75) is 38.8 Å². The van der Waals surface area contributed by atoms with Crippen molar-refractivity contribution in [1.82, 2.24) is 4.31 Å². The SMILES string of the molecule is CCCS(=O)(=O)N1CCCC1C(=O)OCC(=O)Nc1ccc(OC(F)F)c(Cl)c1. The fourth-order valence-corrected chi connectivity index (χ4v) is 4.85. The Balaban J connectivity index is 1.90. The van der Waals surface area contributed by atoms with Crippen LogP contribution in [0.25, 0.3) is 0 Å². The predicted molar refractivity (Wildman–Crippen MR) is 101 cm³/mol. The Kier molecular flexibility index (Phi) is 8.17. The highest BCUT2D eigenvalue weighted by Gasteiger charge is 2.39. The number of amides is 1. The molecule has 0 aliphatic carbocycles. The molecule has 1 atom stereocenters. The summed E-state index contributed by atoms with van der Waals surface area (Å²) in [6, 6.07) is 2.71. The second-order valence-electron chi connectivity index (χ2n) is 6.26. The van der Waals surface area contributed by atoms with Crippen LogP contribution >= 0.6 is 11.6 Å². The molecule has 0 spiro atoms. The van der Waals surface area contributed by atoms with Crippen molar-refractivity contribution < 1.29 is 36.3 Å². The van der Waals surface area contributed by atoms with E-state index in [1.807, 2.05) is 0 Å². The number of carbonyl (C=O) groups excluding carboxylic acids is 2. The third-order valence-corrected chi connectivity index (χ3v) is 6.44. The van der Waals surface area contributed by atoms with Gasteiger partial charge >= 0.3 is 12.6 Å². The van der Waals surface area contributed by atoms with Gasteiger partial charge in [-0.15, -0.1) is 0 Å². The van der Waals surface area contributed by atoms with Crippen molar-refractivity contribution >= 4 is 39.2 Å². The van der Waals surface area contributed by atoms with Crippen molar-refractivity contribution in [2.24, 2.45) is 0 Å². The van der Waals surface area contributed by atoms with E-state index >= 15 is 0 Å². The number of nitrogens with one attached hydrogen (secondary N) is 1. The first-order valence-corrected chi connectivity index (χ1v) is 10.8. The molecule has 0 bridgehead atoms. The number of esters is 1. The molecule has 0 radical (unpaired) electrons. The highest BCUT2D eigenvalue weighted by atomic mass is 35.5. The highest BCUT2D eigenvalue weighted by Crippen LogP contribution is 2.29. The maximum atomic E-state index is 12.2. The molecule has 1 fully saturated rings. The summed E-state index contributed by atoms with van der Waals surface area (Å²) in [5.41, 5.74) is 0.186. The van der Waals surface area contributed by atoms with Gasteiger partial charge in [-0.2, -0.15) is 13.1 Å². The molecule has 2 rings (SSSR count). The molecule has 1 amide bonds. The summed E-state index contributed by atoms with van der Waals surface area (Å²) in [7, 11) is -3.56. The molecule has 8 nitrogen and oxygen atoms in total. The molecule has 162 valence electrons. The van der Waals surface area contributed by atoms with Gasteiger partial charge < -0.3 is 14.8 Å². The molecule has 1 N–H and O–H groups in total. The van der Waals surface area contributed by atoms with Crippen LogP contribution in [0.4, 0.5) is 14.5 Å². The van der Waals surface area contributed by atoms with Crippen LogP contribution in [0.1, 0.15) is 26.2 Å². The molecule has 1 aromatic carbocycles. The summed E-state index contributed by atoms with van der Waals surface area (Å²) in [5.74, 6) is -1.81. The van der Waals surface area contributed by atoms with Gasteiger partial charge in [-0.25, -0.2) is 8.42 Å². The van der Waals surface area contributed by atoms with E-state index in [9.17, 15) is 26.8 Å². The number of halogens is 3. The minimum Gasteiger partial charge on any atom is -0.454 e. The van der Waals surface area contributed by atoms with Gasteiger partial charge in [0.1, 0.15) is 11.8 Å². The first-order chi connectivity index (χ1) is 13.6. The number of hydrogen-bond donors (Lipinski definition) is 1. The van der Waals surface area contributed by atoms with Crippen molar-refractivity contribution in [2.75, 3.05) is 24.2 Å². The number of nitrogens with zero attached hydrogens (tertiary/aromatic N) is 1. The number of sulfonamides is 1. The normalized spacial score (nSPS) is 17.3. The Hall–Kier alpha value is -1.98. The largest absolute Gasteiger partial charge is 0.454 e. The molecule has 1 aliphatic rings. The van der Waals surface area contributed by atoms with Gasteiger partial charge in [-0.1, -0.05) is 18.5 Å². The lowest BCUT2D eigenvalue weighted by Crippen LogP contribution is -2.43. The van der Waals surface area contributed by atoms with Crippen LogP contribution in [0.15, 0.2) is 18.2 Å². The Morgan fingerprint density at radius 3 is 2.72 bits per heavy atom. The van der Waals surface area contributed by atoms with Gasteiger partial charge in [0.15, 0.2) is 6.61 Å². The average molecular weight is 455 g/mol. The van der Waals surface area contributed by atoms with E-state index in [2.05, 4.69) is 10.1 Å². The number of carbonyl (C=O) groups is 2. The topological polar surface area (TPSA) is 102 Å². The van der Waals surface area contributed by atoms with E-state index in [4.69, 9.17) is 16.3 Å². The van der Waals surface area contributed by atoms with Crippen molar-refractivity contribution in [3.8, 4) is 5.75 Å². The molecular formula is C17H21ClF2N2O6S. The van der Waals surface area contributed by atoms with Crippen molar-refractivity contribution in [1.29, 1.82) is 0 Å². The van der Waals surface area contributed by atoms with E-state index < -0.39 is 41.2 Å². The van der Waals surface area contributed by atoms with Gasteiger partial charge in [-0.3, -0.25) is 9.59 Å². The van der Waals surface area contributed by atoms with Crippen LogP contribution in [0.5, 0.6) is 5.75 Å². The maximum absolute atomic E-state index is 12.2. The second-order valence-corrected chi connectivity index (χ2v) is 8.71. The van der Waals surface area contributed by atoms with Gasteiger partial charge in [0.25, 0.3) is 5.91 Å². The number of alkyl halides is 2. The fourth-order valence-electron chi connectivity index (χ4n) is 2.88.